The Kier molecular flexibility index (Phi) is 2.27. The van der Waals surface area contributed by atoms with Crippen molar-refractivity contribution in [2.45, 2.75) is 25.3 Å². The van der Waals surface area contributed by atoms with Crippen LogP contribution in [0.25, 0.3) is 0 Å². The average Bonchev–Trinajstić information content (AvgIpc) is 3.33. The molecule has 2 saturated carbocycles. The Balaban J connectivity index is 1.59. The topological polar surface area (TPSA) is 20.3 Å². The second-order valence-electron chi connectivity index (χ2n) is 6.62. The van der Waals surface area contributed by atoms with Gasteiger partial charge in [-0.3, -0.25) is 4.79 Å². The molecule has 0 bridgehead atoms. The molecule has 0 N–H and O–H groups in total. The van der Waals surface area contributed by atoms with Crippen molar-refractivity contribution < 1.29 is 4.79 Å². The van der Waals surface area contributed by atoms with Crippen molar-refractivity contribution in [2.75, 3.05) is 6.54 Å². The lowest BCUT2D eigenvalue weighted by Gasteiger charge is -2.37. The molecule has 2 aliphatic carbocycles. The SMILES string of the molecule is O=C(N1CCc2sccc2C1c1ccccc1)C12CC1C2. The first-order valence-corrected chi connectivity index (χ1v) is 8.60. The zero-order valence-electron chi connectivity index (χ0n) is 11.8. The van der Waals surface area contributed by atoms with Gasteiger partial charge in [-0.15, -0.1) is 11.3 Å². The fraction of sp³-hybridized carbons (Fsp3) is 0.389. The zero-order chi connectivity index (χ0) is 14.0. The molecule has 1 atom stereocenters. The molecular formula is C18H17NOS. The summed E-state index contributed by atoms with van der Waals surface area (Å²) in [5.41, 5.74) is 2.67. The fourth-order valence-electron chi connectivity index (χ4n) is 3.87. The smallest absolute Gasteiger partial charge is 0.229 e. The minimum absolute atomic E-state index is 0.0700. The average molecular weight is 295 g/mol. The second-order valence-corrected chi connectivity index (χ2v) is 7.62. The highest BCUT2D eigenvalue weighted by atomic mass is 32.1. The summed E-state index contributed by atoms with van der Waals surface area (Å²) in [6, 6.07) is 12.9. The molecule has 0 spiro atoms. The van der Waals surface area contributed by atoms with Crippen molar-refractivity contribution in [3.63, 3.8) is 0 Å². The van der Waals surface area contributed by atoms with Gasteiger partial charge in [0.2, 0.25) is 5.91 Å². The lowest BCUT2D eigenvalue weighted by atomic mass is 9.92. The lowest BCUT2D eigenvalue weighted by Crippen LogP contribution is -2.42. The Hall–Kier alpha value is -1.61. The van der Waals surface area contributed by atoms with Crippen LogP contribution in [0, 0.1) is 11.3 Å². The fourth-order valence-corrected chi connectivity index (χ4v) is 4.77. The van der Waals surface area contributed by atoms with E-state index in [0.29, 0.717) is 11.8 Å². The van der Waals surface area contributed by atoms with Gasteiger partial charge in [-0.25, -0.2) is 0 Å². The normalized spacial score (nSPS) is 32.3. The quantitative estimate of drug-likeness (QED) is 0.828. The summed E-state index contributed by atoms with van der Waals surface area (Å²) in [5.74, 6) is 1.13. The van der Waals surface area contributed by atoms with E-state index in [1.807, 2.05) is 17.4 Å². The van der Waals surface area contributed by atoms with Crippen LogP contribution in [0.2, 0.25) is 0 Å². The molecule has 2 heterocycles. The van der Waals surface area contributed by atoms with Gasteiger partial charge in [0, 0.05) is 11.4 Å². The predicted octanol–water partition coefficient (Wildman–Crippen LogP) is 3.63. The van der Waals surface area contributed by atoms with Crippen molar-refractivity contribution in [3.05, 3.63) is 57.8 Å². The molecule has 2 fully saturated rings. The number of hydrogen-bond donors (Lipinski definition) is 0. The third kappa shape index (κ3) is 1.61. The van der Waals surface area contributed by atoms with Gasteiger partial charge in [-0.1, -0.05) is 30.3 Å². The summed E-state index contributed by atoms with van der Waals surface area (Å²) in [4.78, 5) is 16.6. The summed E-state index contributed by atoms with van der Waals surface area (Å²) >= 11 is 1.83. The van der Waals surface area contributed by atoms with Gasteiger partial charge < -0.3 is 4.90 Å². The van der Waals surface area contributed by atoms with Gasteiger partial charge in [0.1, 0.15) is 0 Å². The molecule has 3 aliphatic rings. The van der Waals surface area contributed by atoms with Crippen LogP contribution >= 0.6 is 11.3 Å². The van der Waals surface area contributed by atoms with E-state index in [1.165, 1.54) is 16.0 Å². The Morgan fingerprint density at radius 1 is 1.19 bits per heavy atom. The molecule has 2 aromatic rings. The third-order valence-electron chi connectivity index (χ3n) is 5.45. The van der Waals surface area contributed by atoms with E-state index in [2.05, 4.69) is 40.6 Å². The maximum Gasteiger partial charge on any atom is 0.229 e. The van der Waals surface area contributed by atoms with Crippen molar-refractivity contribution in [2.24, 2.45) is 11.3 Å². The number of hydrogen-bond acceptors (Lipinski definition) is 2. The molecule has 1 amide bonds. The van der Waals surface area contributed by atoms with Crippen molar-refractivity contribution >= 4 is 17.2 Å². The van der Waals surface area contributed by atoms with Crippen LogP contribution in [-0.4, -0.2) is 17.4 Å². The number of benzene rings is 1. The van der Waals surface area contributed by atoms with Gasteiger partial charge in [-0.05, 0) is 47.8 Å². The maximum absolute atomic E-state index is 13.0. The summed E-state index contributed by atoms with van der Waals surface area (Å²) in [6.07, 6.45) is 3.30. The van der Waals surface area contributed by atoms with Gasteiger partial charge >= 0.3 is 0 Å². The number of carbonyl (C=O) groups excluding carboxylic acids is 1. The Morgan fingerprint density at radius 3 is 2.67 bits per heavy atom. The van der Waals surface area contributed by atoms with E-state index >= 15 is 0 Å². The van der Waals surface area contributed by atoms with E-state index in [0.717, 1.165) is 25.8 Å². The molecule has 21 heavy (non-hydrogen) atoms. The lowest BCUT2D eigenvalue weighted by molar-refractivity contribution is -0.136. The number of rotatable bonds is 2. The van der Waals surface area contributed by atoms with Crippen molar-refractivity contribution in [3.8, 4) is 0 Å². The summed E-state index contributed by atoms with van der Waals surface area (Å²) in [5, 5.41) is 2.17. The predicted molar refractivity (Wildman–Crippen MR) is 83.2 cm³/mol. The third-order valence-corrected chi connectivity index (χ3v) is 6.45. The van der Waals surface area contributed by atoms with E-state index in [1.54, 1.807) is 0 Å². The largest absolute Gasteiger partial charge is 0.331 e. The molecule has 5 rings (SSSR count). The van der Waals surface area contributed by atoms with E-state index in [4.69, 9.17) is 0 Å². The minimum Gasteiger partial charge on any atom is -0.331 e. The molecule has 106 valence electrons. The second kappa shape index (κ2) is 3.98. The zero-order valence-corrected chi connectivity index (χ0v) is 12.6. The Bertz CT molecular complexity index is 714. The Morgan fingerprint density at radius 2 is 1.95 bits per heavy atom. The summed E-state index contributed by atoms with van der Waals surface area (Å²) < 4.78 is 0. The molecule has 0 radical (unpaired) electrons. The van der Waals surface area contributed by atoms with Gasteiger partial charge in [0.25, 0.3) is 0 Å². The van der Waals surface area contributed by atoms with E-state index in [9.17, 15) is 4.79 Å². The maximum atomic E-state index is 13.0. The first-order chi connectivity index (χ1) is 10.3. The van der Waals surface area contributed by atoms with E-state index < -0.39 is 0 Å². The van der Waals surface area contributed by atoms with Crippen LogP contribution in [0.15, 0.2) is 41.8 Å². The van der Waals surface area contributed by atoms with Gasteiger partial charge in [0.05, 0.1) is 11.5 Å². The highest BCUT2D eigenvalue weighted by Crippen LogP contribution is 2.76. The molecule has 1 aromatic carbocycles. The number of amides is 1. The minimum atomic E-state index is 0.0700. The highest BCUT2D eigenvalue weighted by molar-refractivity contribution is 7.10. The van der Waals surface area contributed by atoms with Crippen molar-refractivity contribution in [1.29, 1.82) is 0 Å². The highest BCUT2D eigenvalue weighted by Gasteiger charge is 2.75. The Labute approximate surface area is 128 Å². The number of thiophene rings is 1. The molecule has 1 unspecified atom stereocenters. The standard InChI is InChI=1S/C18H17NOS/c20-17(18-10-13(18)11-18)19-8-6-15-14(7-9-21-15)16(19)12-4-2-1-3-5-12/h1-5,7,9,13,16H,6,8,10-11H2. The van der Waals surface area contributed by atoms with Gasteiger partial charge in [0.15, 0.2) is 0 Å². The molecule has 1 aliphatic heterocycles. The van der Waals surface area contributed by atoms with Crippen LogP contribution in [0.4, 0.5) is 0 Å². The first kappa shape index (κ1) is 12.0. The first-order valence-electron chi connectivity index (χ1n) is 7.72. The van der Waals surface area contributed by atoms with Crippen LogP contribution in [0.5, 0.6) is 0 Å². The monoisotopic (exact) mass is 295 g/mol. The number of carbonyl (C=O) groups is 1. The van der Waals surface area contributed by atoms with Crippen LogP contribution in [-0.2, 0) is 11.2 Å². The molecular weight excluding hydrogens is 278 g/mol. The number of fused-ring (bicyclic) bond motifs is 2. The molecule has 2 nitrogen and oxygen atoms in total. The number of nitrogens with zero attached hydrogens (tertiary/aromatic N) is 1. The van der Waals surface area contributed by atoms with Crippen LogP contribution < -0.4 is 0 Å². The molecule has 0 saturated heterocycles. The van der Waals surface area contributed by atoms with E-state index in [-0.39, 0.29) is 11.5 Å². The van der Waals surface area contributed by atoms with Gasteiger partial charge in [-0.2, -0.15) is 0 Å². The van der Waals surface area contributed by atoms with Crippen molar-refractivity contribution in [1.82, 2.24) is 4.90 Å². The van der Waals surface area contributed by atoms with Crippen LogP contribution in [0.1, 0.15) is 34.9 Å². The van der Waals surface area contributed by atoms with Crippen LogP contribution in [0.3, 0.4) is 0 Å². The molecule has 1 aromatic heterocycles. The molecule has 3 heteroatoms. The summed E-state index contributed by atoms with van der Waals surface area (Å²) in [7, 11) is 0. The summed E-state index contributed by atoms with van der Waals surface area (Å²) in [6.45, 7) is 0.875.